The molecule has 1 aliphatic heterocycles. The summed E-state index contributed by atoms with van der Waals surface area (Å²) in [5, 5.41) is 0. The number of carbonyl (C=O) groups is 1. The van der Waals surface area contributed by atoms with E-state index in [9.17, 15) is 9.18 Å². The van der Waals surface area contributed by atoms with Gasteiger partial charge in [-0.15, -0.1) is 0 Å². The van der Waals surface area contributed by atoms with Gasteiger partial charge in [0, 0.05) is 18.7 Å². The maximum atomic E-state index is 14.1. The van der Waals surface area contributed by atoms with Crippen molar-refractivity contribution < 1.29 is 18.7 Å². The molecule has 0 saturated carbocycles. The molecule has 1 aliphatic rings. The molecule has 4 nitrogen and oxygen atoms in total. The SMILES string of the molecule is COC(=O)[C@H]1CCCN(Cc2cccc(OC)c2F)C1. The number of rotatable bonds is 4. The zero-order valence-electron chi connectivity index (χ0n) is 11.9. The summed E-state index contributed by atoms with van der Waals surface area (Å²) in [5.74, 6) is -0.359. The van der Waals surface area contributed by atoms with Crippen LogP contribution in [0.2, 0.25) is 0 Å². The standard InChI is InChI=1S/C15H20FNO3/c1-19-13-7-3-5-11(14(13)16)9-17-8-4-6-12(10-17)15(18)20-2/h3,5,7,12H,4,6,8-10H2,1-2H3/t12-/m0/s1. The average molecular weight is 281 g/mol. The maximum Gasteiger partial charge on any atom is 0.309 e. The molecule has 0 N–H and O–H groups in total. The van der Waals surface area contributed by atoms with Gasteiger partial charge in [0.15, 0.2) is 11.6 Å². The number of hydrogen-bond donors (Lipinski definition) is 0. The molecule has 1 saturated heterocycles. The van der Waals surface area contributed by atoms with E-state index < -0.39 is 0 Å². The van der Waals surface area contributed by atoms with Gasteiger partial charge in [-0.25, -0.2) is 4.39 Å². The first kappa shape index (κ1) is 14.8. The molecule has 20 heavy (non-hydrogen) atoms. The molecule has 0 aromatic heterocycles. The molecule has 0 amide bonds. The van der Waals surface area contributed by atoms with Gasteiger partial charge in [-0.2, -0.15) is 0 Å². The normalized spacial score (nSPS) is 19.6. The number of benzene rings is 1. The minimum Gasteiger partial charge on any atom is -0.494 e. The number of methoxy groups -OCH3 is 2. The van der Waals surface area contributed by atoms with Crippen LogP contribution in [0.1, 0.15) is 18.4 Å². The molecule has 1 aromatic rings. The second-order valence-corrected chi connectivity index (χ2v) is 5.03. The summed E-state index contributed by atoms with van der Waals surface area (Å²) < 4.78 is 23.9. The molecular formula is C15H20FNO3. The Morgan fingerprint density at radius 2 is 2.25 bits per heavy atom. The highest BCUT2D eigenvalue weighted by molar-refractivity contribution is 5.72. The molecule has 0 aliphatic carbocycles. The van der Waals surface area contributed by atoms with Crippen LogP contribution in [0.25, 0.3) is 0 Å². The van der Waals surface area contributed by atoms with Gasteiger partial charge >= 0.3 is 5.97 Å². The number of ether oxygens (including phenoxy) is 2. The third kappa shape index (κ3) is 3.28. The van der Waals surface area contributed by atoms with Gasteiger partial charge in [0.25, 0.3) is 0 Å². The number of esters is 1. The summed E-state index contributed by atoms with van der Waals surface area (Å²) in [6.45, 7) is 1.96. The van der Waals surface area contributed by atoms with Crippen LogP contribution < -0.4 is 4.74 Å². The van der Waals surface area contributed by atoms with Crippen LogP contribution in [-0.2, 0) is 16.1 Å². The highest BCUT2D eigenvalue weighted by Gasteiger charge is 2.27. The number of hydrogen-bond acceptors (Lipinski definition) is 4. The lowest BCUT2D eigenvalue weighted by molar-refractivity contribution is -0.147. The van der Waals surface area contributed by atoms with E-state index in [0.717, 1.165) is 19.4 Å². The summed E-state index contributed by atoms with van der Waals surface area (Å²) in [7, 11) is 2.86. The Hall–Kier alpha value is -1.62. The molecule has 0 bridgehead atoms. The number of piperidine rings is 1. The quantitative estimate of drug-likeness (QED) is 0.793. The van der Waals surface area contributed by atoms with E-state index in [4.69, 9.17) is 9.47 Å². The van der Waals surface area contributed by atoms with E-state index in [1.807, 2.05) is 0 Å². The van der Waals surface area contributed by atoms with Crippen molar-refractivity contribution in [2.24, 2.45) is 5.92 Å². The molecule has 1 heterocycles. The van der Waals surface area contributed by atoms with Crippen LogP contribution >= 0.6 is 0 Å². The molecule has 0 spiro atoms. The van der Waals surface area contributed by atoms with Crippen molar-refractivity contribution in [2.75, 3.05) is 27.3 Å². The number of likely N-dealkylation sites (tertiary alicyclic amines) is 1. The molecule has 5 heteroatoms. The van der Waals surface area contributed by atoms with E-state index in [2.05, 4.69) is 4.90 Å². The first-order valence-electron chi connectivity index (χ1n) is 6.77. The Morgan fingerprint density at radius 1 is 1.45 bits per heavy atom. The van der Waals surface area contributed by atoms with Gasteiger partial charge in [0.2, 0.25) is 0 Å². The summed E-state index contributed by atoms with van der Waals surface area (Å²) in [5.41, 5.74) is 0.592. The minimum absolute atomic E-state index is 0.109. The van der Waals surface area contributed by atoms with Gasteiger partial charge < -0.3 is 9.47 Å². The van der Waals surface area contributed by atoms with E-state index >= 15 is 0 Å². The molecule has 1 fully saturated rings. The van der Waals surface area contributed by atoms with Crippen molar-refractivity contribution in [3.63, 3.8) is 0 Å². The summed E-state index contributed by atoms with van der Waals surface area (Å²) in [6.07, 6.45) is 1.76. The van der Waals surface area contributed by atoms with Gasteiger partial charge in [-0.1, -0.05) is 12.1 Å². The highest BCUT2D eigenvalue weighted by Crippen LogP contribution is 2.24. The van der Waals surface area contributed by atoms with Gasteiger partial charge in [0.1, 0.15) is 0 Å². The highest BCUT2D eigenvalue weighted by atomic mass is 19.1. The fraction of sp³-hybridized carbons (Fsp3) is 0.533. The van der Waals surface area contributed by atoms with Crippen LogP contribution in [-0.4, -0.2) is 38.2 Å². The van der Waals surface area contributed by atoms with Crippen molar-refractivity contribution >= 4 is 5.97 Å². The number of carbonyl (C=O) groups excluding carboxylic acids is 1. The summed E-state index contributed by atoms with van der Waals surface area (Å²) in [4.78, 5) is 13.7. The Morgan fingerprint density at radius 3 is 2.95 bits per heavy atom. The second-order valence-electron chi connectivity index (χ2n) is 5.03. The Balaban J connectivity index is 2.04. The molecule has 0 radical (unpaired) electrons. The van der Waals surface area contributed by atoms with Crippen molar-refractivity contribution in [1.29, 1.82) is 0 Å². The molecule has 1 aromatic carbocycles. The Bertz CT molecular complexity index is 478. The van der Waals surface area contributed by atoms with Crippen LogP contribution in [0, 0.1) is 11.7 Å². The lowest BCUT2D eigenvalue weighted by atomic mass is 9.97. The van der Waals surface area contributed by atoms with Crippen LogP contribution in [0.15, 0.2) is 18.2 Å². The minimum atomic E-state index is -0.324. The smallest absolute Gasteiger partial charge is 0.309 e. The lowest BCUT2D eigenvalue weighted by Gasteiger charge is -2.31. The molecule has 0 unspecified atom stereocenters. The van der Waals surface area contributed by atoms with Crippen LogP contribution in [0.4, 0.5) is 4.39 Å². The third-order valence-electron chi connectivity index (χ3n) is 3.70. The predicted octanol–water partition coefficient (Wildman–Crippen LogP) is 2.22. The molecule has 110 valence electrons. The van der Waals surface area contributed by atoms with Gasteiger partial charge in [-0.05, 0) is 25.5 Å². The monoisotopic (exact) mass is 281 g/mol. The first-order chi connectivity index (χ1) is 9.65. The zero-order chi connectivity index (χ0) is 14.5. The average Bonchev–Trinajstić information content (AvgIpc) is 2.49. The third-order valence-corrected chi connectivity index (χ3v) is 3.70. The largest absolute Gasteiger partial charge is 0.494 e. The van der Waals surface area contributed by atoms with E-state index in [0.29, 0.717) is 18.7 Å². The maximum absolute atomic E-state index is 14.1. The van der Waals surface area contributed by atoms with Crippen molar-refractivity contribution in [1.82, 2.24) is 4.90 Å². The van der Waals surface area contributed by atoms with Crippen molar-refractivity contribution in [2.45, 2.75) is 19.4 Å². The molecule has 2 rings (SSSR count). The fourth-order valence-electron chi connectivity index (χ4n) is 2.64. The molecule has 1 atom stereocenters. The van der Waals surface area contributed by atoms with Crippen LogP contribution in [0.3, 0.4) is 0 Å². The Kier molecular flexibility index (Phi) is 4.95. The zero-order valence-corrected chi connectivity index (χ0v) is 11.9. The molecular weight excluding hydrogens is 261 g/mol. The number of nitrogens with zero attached hydrogens (tertiary/aromatic N) is 1. The van der Waals surface area contributed by atoms with Crippen molar-refractivity contribution in [3.05, 3.63) is 29.6 Å². The van der Waals surface area contributed by atoms with E-state index in [1.54, 1.807) is 18.2 Å². The van der Waals surface area contributed by atoms with Gasteiger partial charge in [-0.3, -0.25) is 9.69 Å². The van der Waals surface area contributed by atoms with E-state index in [-0.39, 0.29) is 23.5 Å². The van der Waals surface area contributed by atoms with Gasteiger partial charge in [0.05, 0.1) is 20.1 Å². The van der Waals surface area contributed by atoms with Crippen molar-refractivity contribution in [3.8, 4) is 5.75 Å². The van der Waals surface area contributed by atoms with E-state index in [1.165, 1.54) is 14.2 Å². The fourth-order valence-corrected chi connectivity index (χ4v) is 2.64. The Labute approximate surface area is 118 Å². The lowest BCUT2D eigenvalue weighted by Crippen LogP contribution is -2.38. The first-order valence-corrected chi connectivity index (χ1v) is 6.77. The van der Waals surface area contributed by atoms with Crippen LogP contribution in [0.5, 0.6) is 5.75 Å². The topological polar surface area (TPSA) is 38.8 Å². The number of halogens is 1. The summed E-state index contributed by atoms with van der Waals surface area (Å²) in [6, 6.07) is 5.13. The second kappa shape index (κ2) is 6.70. The summed E-state index contributed by atoms with van der Waals surface area (Å²) >= 11 is 0. The predicted molar refractivity (Wildman–Crippen MR) is 73.0 cm³/mol.